The first-order valence-electron chi connectivity index (χ1n) is 5.94. The molecule has 0 saturated heterocycles. The lowest BCUT2D eigenvalue weighted by atomic mass is 10.0. The minimum atomic E-state index is 0.665. The minimum Gasteiger partial charge on any atom is -0.316 e. The van der Waals surface area contributed by atoms with Crippen LogP contribution in [0.2, 0.25) is 0 Å². The highest BCUT2D eigenvalue weighted by Gasteiger charge is 2.39. The first-order valence-corrected chi connectivity index (χ1v) is 5.94. The molecule has 1 fully saturated rings. The minimum absolute atomic E-state index is 0.665. The number of hydrogen-bond acceptors (Lipinski definition) is 2. The Morgan fingerprint density at radius 3 is 2.67 bits per heavy atom. The van der Waals surface area contributed by atoms with Gasteiger partial charge in [0.15, 0.2) is 0 Å². The number of pyridine rings is 1. The van der Waals surface area contributed by atoms with E-state index in [1.165, 1.54) is 31.4 Å². The van der Waals surface area contributed by atoms with E-state index in [0.717, 1.165) is 13.0 Å². The van der Waals surface area contributed by atoms with Gasteiger partial charge in [-0.3, -0.25) is 4.98 Å². The van der Waals surface area contributed by atoms with Crippen LogP contribution in [0, 0.1) is 5.41 Å². The van der Waals surface area contributed by atoms with E-state index in [1.807, 2.05) is 12.4 Å². The average Bonchev–Trinajstić information content (AvgIpc) is 3.07. The zero-order valence-electron chi connectivity index (χ0n) is 9.50. The van der Waals surface area contributed by atoms with Crippen molar-refractivity contribution in [3.8, 4) is 0 Å². The number of rotatable bonds is 6. The quantitative estimate of drug-likeness (QED) is 0.720. The second kappa shape index (κ2) is 4.75. The smallest absolute Gasteiger partial charge is 0.0270 e. The van der Waals surface area contributed by atoms with Crippen molar-refractivity contribution < 1.29 is 0 Å². The molecule has 0 amide bonds. The lowest BCUT2D eigenvalue weighted by molar-refractivity contribution is 0.446. The van der Waals surface area contributed by atoms with Crippen LogP contribution >= 0.6 is 0 Å². The molecule has 0 radical (unpaired) electrons. The molecular formula is C13H20N2. The molecule has 1 aliphatic carbocycles. The number of hydrogen-bond donors (Lipinski definition) is 1. The fraction of sp³-hybridized carbons (Fsp3) is 0.615. The molecule has 2 heteroatoms. The first-order chi connectivity index (χ1) is 7.35. The Kier molecular flexibility index (Phi) is 3.37. The van der Waals surface area contributed by atoms with Gasteiger partial charge in [0.2, 0.25) is 0 Å². The summed E-state index contributed by atoms with van der Waals surface area (Å²) in [6.07, 6.45) is 9.02. The third kappa shape index (κ3) is 3.03. The Labute approximate surface area is 92.1 Å². The van der Waals surface area contributed by atoms with Crippen molar-refractivity contribution in [3.63, 3.8) is 0 Å². The Hall–Kier alpha value is -0.890. The van der Waals surface area contributed by atoms with Crippen LogP contribution in [0.1, 0.15) is 31.7 Å². The summed E-state index contributed by atoms with van der Waals surface area (Å²) in [6, 6.07) is 4.18. The summed E-state index contributed by atoms with van der Waals surface area (Å²) >= 11 is 0. The van der Waals surface area contributed by atoms with Crippen molar-refractivity contribution in [3.05, 3.63) is 30.1 Å². The molecule has 0 bridgehead atoms. The van der Waals surface area contributed by atoms with Crippen LogP contribution in [0.25, 0.3) is 0 Å². The van der Waals surface area contributed by atoms with Crippen LogP contribution in [-0.4, -0.2) is 18.1 Å². The molecule has 0 spiro atoms. The van der Waals surface area contributed by atoms with E-state index in [2.05, 4.69) is 29.4 Å². The van der Waals surface area contributed by atoms with E-state index in [0.29, 0.717) is 5.41 Å². The maximum Gasteiger partial charge on any atom is 0.0270 e. The predicted octanol–water partition coefficient (Wildman–Crippen LogP) is 2.40. The molecule has 0 unspecified atom stereocenters. The van der Waals surface area contributed by atoms with Crippen molar-refractivity contribution in [1.29, 1.82) is 0 Å². The molecule has 15 heavy (non-hydrogen) atoms. The Morgan fingerprint density at radius 1 is 1.33 bits per heavy atom. The highest BCUT2D eigenvalue weighted by atomic mass is 14.9. The standard InChI is InChI=1S/C13H20N2/c1-2-13(6-7-13)11-15-10-5-12-3-8-14-9-4-12/h3-4,8-9,15H,2,5-7,10-11H2,1H3. The van der Waals surface area contributed by atoms with Crippen molar-refractivity contribution in [2.45, 2.75) is 32.6 Å². The summed E-state index contributed by atoms with van der Waals surface area (Å²) in [6.45, 7) is 4.60. The fourth-order valence-corrected chi connectivity index (χ4v) is 1.97. The highest BCUT2D eigenvalue weighted by Crippen LogP contribution is 2.47. The van der Waals surface area contributed by atoms with Gasteiger partial charge in [-0.1, -0.05) is 6.92 Å². The van der Waals surface area contributed by atoms with Crippen LogP contribution in [0.5, 0.6) is 0 Å². The molecule has 1 aromatic rings. The van der Waals surface area contributed by atoms with Gasteiger partial charge in [-0.05, 0) is 55.3 Å². The highest BCUT2D eigenvalue weighted by molar-refractivity contribution is 5.09. The third-order valence-electron chi connectivity index (χ3n) is 3.55. The van der Waals surface area contributed by atoms with Crippen LogP contribution in [0.15, 0.2) is 24.5 Å². The first kappa shape index (κ1) is 10.6. The Bertz CT molecular complexity index is 291. The fourth-order valence-electron chi connectivity index (χ4n) is 1.97. The molecule has 0 aliphatic heterocycles. The topological polar surface area (TPSA) is 24.9 Å². The normalized spacial score (nSPS) is 17.7. The molecule has 2 rings (SSSR count). The van der Waals surface area contributed by atoms with E-state index in [-0.39, 0.29) is 0 Å². The zero-order chi connectivity index (χ0) is 10.6. The predicted molar refractivity (Wildman–Crippen MR) is 62.8 cm³/mol. The van der Waals surface area contributed by atoms with Gasteiger partial charge in [0.25, 0.3) is 0 Å². The zero-order valence-corrected chi connectivity index (χ0v) is 9.50. The molecule has 1 aromatic heterocycles. The summed E-state index contributed by atoms with van der Waals surface area (Å²) in [5, 5.41) is 3.57. The lowest BCUT2D eigenvalue weighted by Gasteiger charge is -2.13. The monoisotopic (exact) mass is 204 g/mol. The van der Waals surface area contributed by atoms with Gasteiger partial charge in [0, 0.05) is 18.9 Å². The molecular weight excluding hydrogens is 184 g/mol. The lowest BCUT2D eigenvalue weighted by Crippen LogP contribution is -2.25. The maximum absolute atomic E-state index is 4.02. The molecule has 1 aliphatic rings. The number of aromatic nitrogens is 1. The van der Waals surface area contributed by atoms with Crippen LogP contribution in [-0.2, 0) is 6.42 Å². The van der Waals surface area contributed by atoms with Crippen LogP contribution in [0.4, 0.5) is 0 Å². The van der Waals surface area contributed by atoms with E-state index in [9.17, 15) is 0 Å². The SMILES string of the molecule is CCC1(CNCCc2ccncc2)CC1. The van der Waals surface area contributed by atoms with Crippen molar-refractivity contribution in [1.82, 2.24) is 10.3 Å². The van der Waals surface area contributed by atoms with Gasteiger partial charge in [-0.25, -0.2) is 0 Å². The van der Waals surface area contributed by atoms with Crippen LogP contribution < -0.4 is 5.32 Å². The molecule has 1 heterocycles. The Morgan fingerprint density at radius 2 is 2.07 bits per heavy atom. The van der Waals surface area contributed by atoms with Crippen molar-refractivity contribution in [2.75, 3.05) is 13.1 Å². The summed E-state index contributed by atoms with van der Waals surface area (Å²) in [5.41, 5.74) is 2.04. The van der Waals surface area contributed by atoms with Crippen molar-refractivity contribution >= 4 is 0 Å². The van der Waals surface area contributed by atoms with Gasteiger partial charge < -0.3 is 5.32 Å². The van der Waals surface area contributed by atoms with Crippen molar-refractivity contribution in [2.24, 2.45) is 5.41 Å². The van der Waals surface area contributed by atoms with Gasteiger partial charge >= 0.3 is 0 Å². The number of nitrogens with one attached hydrogen (secondary N) is 1. The molecule has 82 valence electrons. The third-order valence-corrected chi connectivity index (χ3v) is 3.55. The summed E-state index contributed by atoms with van der Waals surface area (Å²) in [4.78, 5) is 4.02. The largest absolute Gasteiger partial charge is 0.316 e. The molecule has 1 saturated carbocycles. The van der Waals surface area contributed by atoms with E-state index in [1.54, 1.807) is 0 Å². The van der Waals surface area contributed by atoms with Gasteiger partial charge in [0.1, 0.15) is 0 Å². The molecule has 0 aromatic carbocycles. The summed E-state index contributed by atoms with van der Waals surface area (Å²) in [5.74, 6) is 0. The summed E-state index contributed by atoms with van der Waals surface area (Å²) < 4.78 is 0. The maximum atomic E-state index is 4.02. The second-order valence-electron chi connectivity index (χ2n) is 4.64. The van der Waals surface area contributed by atoms with Gasteiger partial charge in [0.05, 0.1) is 0 Å². The summed E-state index contributed by atoms with van der Waals surface area (Å²) in [7, 11) is 0. The molecule has 0 atom stereocenters. The van der Waals surface area contributed by atoms with Gasteiger partial charge in [-0.2, -0.15) is 0 Å². The molecule has 1 N–H and O–H groups in total. The van der Waals surface area contributed by atoms with E-state index < -0.39 is 0 Å². The number of nitrogens with zero attached hydrogens (tertiary/aromatic N) is 1. The van der Waals surface area contributed by atoms with E-state index >= 15 is 0 Å². The Balaban J connectivity index is 1.63. The van der Waals surface area contributed by atoms with Gasteiger partial charge in [-0.15, -0.1) is 0 Å². The van der Waals surface area contributed by atoms with E-state index in [4.69, 9.17) is 0 Å². The second-order valence-corrected chi connectivity index (χ2v) is 4.64. The average molecular weight is 204 g/mol. The molecule has 2 nitrogen and oxygen atoms in total. The van der Waals surface area contributed by atoms with Crippen LogP contribution in [0.3, 0.4) is 0 Å².